The highest BCUT2D eigenvalue weighted by atomic mass is 32.2. The maximum atomic E-state index is 10.0. The zero-order chi connectivity index (χ0) is 8.53. The lowest BCUT2D eigenvalue weighted by atomic mass is 10.5. The second kappa shape index (κ2) is 7.84. The summed E-state index contributed by atoms with van der Waals surface area (Å²) in [6.45, 7) is 1.47. The SMILES string of the molecule is CNCCSNCCC(=O)O. The molecule has 0 aromatic heterocycles. The van der Waals surface area contributed by atoms with Crippen LogP contribution in [0.4, 0.5) is 0 Å². The molecule has 0 heterocycles. The molecule has 0 aromatic rings. The van der Waals surface area contributed by atoms with Crippen molar-refractivity contribution >= 4 is 17.9 Å². The lowest BCUT2D eigenvalue weighted by Gasteiger charge is -2.00. The minimum Gasteiger partial charge on any atom is -0.481 e. The summed E-state index contributed by atoms with van der Waals surface area (Å²) in [7, 11) is 1.89. The number of carbonyl (C=O) groups is 1. The third kappa shape index (κ3) is 9.74. The summed E-state index contributed by atoms with van der Waals surface area (Å²) < 4.78 is 2.95. The molecule has 66 valence electrons. The Labute approximate surface area is 70.9 Å². The quantitative estimate of drug-likeness (QED) is 0.376. The second-order valence-corrected chi connectivity index (χ2v) is 2.98. The summed E-state index contributed by atoms with van der Waals surface area (Å²) in [5.41, 5.74) is 0. The summed E-state index contributed by atoms with van der Waals surface area (Å²) in [4.78, 5) is 10.0. The first-order chi connectivity index (χ1) is 5.27. The molecule has 0 amide bonds. The van der Waals surface area contributed by atoms with Crippen molar-refractivity contribution in [2.45, 2.75) is 6.42 Å². The van der Waals surface area contributed by atoms with Crippen molar-refractivity contribution in [2.75, 3.05) is 25.9 Å². The number of aliphatic carboxylic acids is 1. The monoisotopic (exact) mass is 178 g/mol. The van der Waals surface area contributed by atoms with Crippen LogP contribution < -0.4 is 10.0 Å². The Kier molecular flexibility index (Phi) is 7.66. The van der Waals surface area contributed by atoms with Gasteiger partial charge in [-0.15, -0.1) is 0 Å². The lowest BCUT2D eigenvalue weighted by Crippen LogP contribution is -2.15. The molecule has 0 fully saturated rings. The Bertz CT molecular complexity index is 111. The van der Waals surface area contributed by atoms with Gasteiger partial charge in [-0.1, -0.05) is 11.9 Å². The predicted molar refractivity (Wildman–Crippen MR) is 46.6 cm³/mol. The van der Waals surface area contributed by atoms with E-state index in [-0.39, 0.29) is 6.42 Å². The molecule has 0 aliphatic heterocycles. The smallest absolute Gasteiger partial charge is 0.304 e. The topological polar surface area (TPSA) is 61.4 Å². The fourth-order valence-corrected chi connectivity index (χ4v) is 1.15. The molecular weight excluding hydrogens is 164 g/mol. The zero-order valence-corrected chi connectivity index (χ0v) is 7.41. The standard InChI is InChI=1S/C6H14N2O2S/c1-7-4-5-11-8-3-2-6(9)10/h7-8H,2-5H2,1H3,(H,9,10). The lowest BCUT2D eigenvalue weighted by molar-refractivity contribution is -0.136. The second-order valence-electron chi connectivity index (χ2n) is 1.99. The number of rotatable bonds is 7. The third-order valence-corrected chi connectivity index (χ3v) is 1.81. The Morgan fingerprint density at radius 1 is 1.55 bits per heavy atom. The number of hydrogen-bond donors (Lipinski definition) is 3. The number of nitrogens with one attached hydrogen (secondary N) is 2. The van der Waals surface area contributed by atoms with Crippen molar-refractivity contribution in [1.29, 1.82) is 0 Å². The van der Waals surface area contributed by atoms with Gasteiger partial charge in [0.05, 0.1) is 6.42 Å². The molecule has 3 N–H and O–H groups in total. The molecule has 0 atom stereocenters. The van der Waals surface area contributed by atoms with Gasteiger partial charge in [0.25, 0.3) is 0 Å². The number of carboxylic acids is 1. The van der Waals surface area contributed by atoms with E-state index in [1.165, 1.54) is 0 Å². The Morgan fingerprint density at radius 2 is 2.27 bits per heavy atom. The van der Waals surface area contributed by atoms with Gasteiger partial charge in [0.15, 0.2) is 0 Å². The van der Waals surface area contributed by atoms with E-state index in [4.69, 9.17) is 5.11 Å². The van der Waals surface area contributed by atoms with Gasteiger partial charge < -0.3 is 10.4 Å². The van der Waals surface area contributed by atoms with Crippen LogP contribution in [-0.4, -0.2) is 37.0 Å². The average molecular weight is 178 g/mol. The van der Waals surface area contributed by atoms with Crippen LogP contribution in [0.3, 0.4) is 0 Å². The fraction of sp³-hybridized carbons (Fsp3) is 0.833. The molecule has 0 unspecified atom stereocenters. The molecule has 0 saturated heterocycles. The molecule has 4 nitrogen and oxygen atoms in total. The van der Waals surface area contributed by atoms with Gasteiger partial charge in [0, 0.05) is 18.8 Å². The average Bonchev–Trinajstić information content (AvgIpc) is 1.96. The number of hydrogen-bond acceptors (Lipinski definition) is 4. The van der Waals surface area contributed by atoms with Crippen molar-refractivity contribution in [3.63, 3.8) is 0 Å². The van der Waals surface area contributed by atoms with Gasteiger partial charge in [0.1, 0.15) is 0 Å². The van der Waals surface area contributed by atoms with Crippen LogP contribution in [0.25, 0.3) is 0 Å². The molecule has 0 aliphatic rings. The van der Waals surface area contributed by atoms with Crippen LogP contribution in [-0.2, 0) is 4.79 Å². The molecule has 0 saturated carbocycles. The highest BCUT2D eigenvalue weighted by molar-refractivity contribution is 7.97. The van der Waals surface area contributed by atoms with E-state index in [1.54, 1.807) is 11.9 Å². The van der Waals surface area contributed by atoms with E-state index >= 15 is 0 Å². The van der Waals surface area contributed by atoms with Crippen LogP contribution in [0, 0.1) is 0 Å². The third-order valence-electron chi connectivity index (χ3n) is 0.997. The summed E-state index contributed by atoms with van der Waals surface area (Å²) in [5, 5.41) is 11.2. The van der Waals surface area contributed by atoms with Crippen LogP contribution in [0.1, 0.15) is 6.42 Å². The first kappa shape index (κ1) is 10.7. The Hall–Kier alpha value is -0.260. The van der Waals surface area contributed by atoms with Crippen molar-refractivity contribution in [2.24, 2.45) is 0 Å². The van der Waals surface area contributed by atoms with E-state index in [2.05, 4.69) is 10.0 Å². The predicted octanol–water partition coefficient (Wildman–Crippen LogP) is -0.0817. The Balaban J connectivity index is 2.85. The van der Waals surface area contributed by atoms with Crippen molar-refractivity contribution in [3.8, 4) is 0 Å². The normalized spacial score (nSPS) is 9.91. The molecular formula is C6H14N2O2S. The highest BCUT2D eigenvalue weighted by Crippen LogP contribution is 1.90. The van der Waals surface area contributed by atoms with Gasteiger partial charge in [-0.3, -0.25) is 9.52 Å². The van der Waals surface area contributed by atoms with Gasteiger partial charge in [-0.05, 0) is 7.05 Å². The maximum absolute atomic E-state index is 10.0. The minimum absolute atomic E-state index is 0.187. The zero-order valence-electron chi connectivity index (χ0n) is 6.59. The van der Waals surface area contributed by atoms with Crippen molar-refractivity contribution < 1.29 is 9.90 Å². The molecule has 0 rings (SSSR count). The van der Waals surface area contributed by atoms with E-state index in [0.717, 1.165) is 12.3 Å². The van der Waals surface area contributed by atoms with E-state index in [0.29, 0.717) is 6.54 Å². The van der Waals surface area contributed by atoms with E-state index in [9.17, 15) is 4.79 Å². The highest BCUT2D eigenvalue weighted by Gasteiger charge is 1.94. The first-order valence-electron chi connectivity index (χ1n) is 3.48. The summed E-state index contributed by atoms with van der Waals surface area (Å²) in [6, 6.07) is 0. The van der Waals surface area contributed by atoms with E-state index < -0.39 is 5.97 Å². The summed E-state index contributed by atoms with van der Waals surface area (Å²) in [5.74, 6) is 0.197. The molecule has 0 aromatic carbocycles. The van der Waals surface area contributed by atoms with Gasteiger partial charge in [-0.2, -0.15) is 0 Å². The summed E-state index contributed by atoms with van der Waals surface area (Å²) in [6.07, 6.45) is 0.187. The van der Waals surface area contributed by atoms with Crippen molar-refractivity contribution in [3.05, 3.63) is 0 Å². The number of carboxylic acid groups (broad SMARTS) is 1. The van der Waals surface area contributed by atoms with Gasteiger partial charge >= 0.3 is 5.97 Å². The van der Waals surface area contributed by atoms with Crippen LogP contribution >= 0.6 is 11.9 Å². The van der Waals surface area contributed by atoms with E-state index in [1.807, 2.05) is 7.05 Å². The van der Waals surface area contributed by atoms with Crippen LogP contribution in [0.15, 0.2) is 0 Å². The molecule has 0 spiro atoms. The molecule has 11 heavy (non-hydrogen) atoms. The Morgan fingerprint density at radius 3 is 2.82 bits per heavy atom. The molecule has 0 bridgehead atoms. The molecule has 0 radical (unpaired) electrons. The fourth-order valence-electron chi connectivity index (χ4n) is 0.455. The molecule has 0 aliphatic carbocycles. The van der Waals surface area contributed by atoms with Gasteiger partial charge in [0.2, 0.25) is 0 Å². The largest absolute Gasteiger partial charge is 0.481 e. The molecule has 5 heteroatoms. The van der Waals surface area contributed by atoms with Gasteiger partial charge in [-0.25, -0.2) is 0 Å². The van der Waals surface area contributed by atoms with Crippen LogP contribution in [0.2, 0.25) is 0 Å². The minimum atomic E-state index is -0.758. The first-order valence-corrected chi connectivity index (χ1v) is 4.47. The van der Waals surface area contributed by atoms with Crippen molar-refractivity contribution in [1.82, 2.24) is 10.0 Å². The van der Waals surface area contributed by atoms with Crippen LogP contribution in [0.5, 0.6) is 0 Å². The maximum Gasteiger partial charge on any atom is 0.304 e. The summed E-state index contributed by atoms with van der Waals surface area (Å²) >= 11 is 1.54.